The Morgan fingerprint density at radius 2 is 1.92 bits per heavy atom. The smallest absolute Gasteiger partial charge is 0.244 e. The van der Waals surface area contributed by atoms with Gasteiger partial charge < -0.3 is 9.88 Å². The summed E-state index contributed by atoms with van der Waals surface area (Å²) in [5.41, 5.74) is 2.75. The van der Waals surface area contributed by atoms with Gasteiger partial charge in [-0.05, 0) is 30.3 Å². The number of hydrogen-bond donors (Lipinski definition) is 1. The van der Waals surface area contributed by atoms with Gasteiger partial charge in [-0.1, -0.05) is 18.2 Å². The van der Waals surface area contributed by atoms with E-state index in [1.54, 1.807) is 23.3 Å². The number of para-hydroxylation sites is 1. The Hall–Kier alpha value is -3.41. The normalized spacial score (nSPS) is 10.8. The lowest BCUT2D eigenvalue weighted by Gasteiger charge is -2.08. The van der Waals surface area contributed by atoms with Gasteiger partial charge in [0.15, 0.2) is 0 Å². The van der Waals surface area contributed by atoms with Gasteiger partial charge in [-0.3, -0.25) is 4.79 Å². The molecule has 4 rings (SSSR count). The van der Waals surface area contributed by atoms with Gasteiger partial charge in [0, 0.05) is 23.5 Å². The average Bonchev–Trinajstić information content (AvgIpc) is 3.25. The van der Waals surface area contributed by atoms with Crippen LogP contribution in [-0.2, 0) is 11.3 Å². The molecule has 0 unspecified atom stereocenters. The molecule has 4 aromatic rings. The number of carbonyl (C=O) groups excluding carboxylic acids is 1. The predicted molar refractivity (Wildman–Crippen MR) is 91.9 cm³/mol. The molecule has 0 saturated heterocycles. The van der Waals surface area contributed by atoms with Crippen LogP contribution in [0, 0.1) is 0 Å². The van der Waals surface area contributed by atoms with Crippen LogP contribution in [0.3, 0.4) is 0 Å². The largest absolute Gasteiger partial charge is 0.328 e. The maximum Gasteiger partial charge on any atom is 0.244 e. The lowest BCUT2D eigenvalue weighted by atomic mass is 10.2. The molecule has 0 fully saturated rings. The second kappa shape index (κ2) is 6.00. The van der Waals surface area contributed by atoms with Crippen LogP contribution in [0.2, 0.25) is 0 Å². The van der Waals surface area contributed by atoms with E-state index in [1.807, 2.05) is 59.4 Å². The molecular formula is C18H15N5O. The Morgan fingerprint density at radius 3 is 2.71 bits per heavy atom. The fraction of sp³-hybridized carbons (Fsp3) is 0.0556. The van der Waals surface area contributed by atoms with Crippen LogP contribution in [0.5, 0.6) is 0 Å². The van der Waals surface area contributed by atoms with E-state index in [0.717, 1.165) is 22.3 Å². The van der Waals surface area contributed by atoms with Crippen molar-refractivity contribution in [3.05, 3.63) is 73.4 Å². The van der Waals surface area contributed by atoms with Crippen LogP contribution in [-0.4, -0.2) is 25.2 Å². The van der Waals surface area contributed by atoms with Crippen molar-refractivity contribution in [2.45, 2.75) is 6.54 Å². The van der Waals surface area contributed by atoms with Gasteiger partial charge in [0.05, 0.1) is 23.7 Å². The summed E-state index contributed by atoms with van der Waals surface area (Å²) in [6.07, 6.45) is 6.86. The van der Waals surface area contributed by atoms with Gasteiger partial charge in [0.2, 0.25) is 5.91 Å². The van der Waals surface area contributed by atoms with E-state index in [-0.39, 0.29) is 12.5 Å². The minimum atomic E-state index is -0.0923. The number of nitrogens with zero attached hydrogens (tertiary/aromatic N) is 4. The fourth-order valence-corrected chi connectivity index (χ4v) is 2.61. The molecule has 0 spiro atoms. The topological polar surface area (TPSA) is 64.7 Å². The number of fused-ring (bicyclic) bond motifs is 1. The summed E-state index contributed by atoms with van der Waals surface area (Å²) in [5, 5.41) is 8.39. The molecule has 0 radical (unpaired) electrons. The summed E-state index contributed by atoms with van der Waals surface area (Å²) < 4.78 is 3.60. The number of anilines is 1. The molecule has 6 nitrogen and oxygen atoms in total. The Bertz CT molecular complexity index is 970. The summed E-state index contributed by atoms with van der Waals surface area (Å²) >= 11 is 0. The molecule has 2 aromatic carbocycles. The molecule has 6 heteroatoms. The molecule has 1 amide bonds. The second-order valence-corrected chi connectivity index (χ2v) is 5.45. The Morgan fingerprint density at radius 1 is 1.08 bits per heavy atom. The molecule has 0 atom stereocenters. The number of amides is 1. The van der Waals surface area contributed by atoms with Crippen molar-refractivity contribution in [1.29, 1.82) is 0 Å². The van der Waals surface area contributed by atoms with Crippen LogP contribution in [0.4, 0.5) is 5.69 Å². The molecule has 0 aliphatic rings. The third-order valence-corrected chi connectivity index (χ3v) is 3.76. The fourth-order valence-electron chi connectivity index (χ4n) is 2.61. The highest BCUT2D eigenvalue weighted by Crippen LogP contribution is 2.19. The van der Waals surface area contributed by atoms with E-state index in [4.69, 9.17) is 0 Å². The van der Waals surface area contributed by atoms with E-state index in [2.05, 4.69) is 15.4 Å². The van der Waals surface area contributed by atoms with Gasteiger partial charge in [-0.2, -0.15) is 5.10 Å². The third kappa shape index (κ3) is 2.77. The molecule has 2 heterocycles. The number of aromatic nitrogens is 4. The number of rotatable bonds is 4. The minimum absolute atomic E-state index is 0.0923. The summed E-state index contributed by atoms with van der Waals surface area (Å²) in [5.74, 6) is -0.0923. The van der Waals surface area contributed by atoms with E-state index in [9.17, 15) is 4.79 Å². The molecule has 24 heavy (non-hydrogen) atoms. The molecule has 0 saturated carbocycles. The van der Waals surface area contributed by atoms with Crippen molar-refractivity contribution in [2.24, 2.45) is 0 Å². The van der Waals surface area contributed by atoms with Crippen LogP contribution in [0.15, 0.2) is 73.4 Å². The summed E-state index contributed by atoms with van der Waals surface area (Å²) in [7, 11) is 0. The first-order valence-electron chi connectivity index (χ1n) is 7.58. The van der Waals surface area contributed by atoms with Crippen molar-refractivity contribution in [3.8, 4) is 5.69 Å². The number of hydrogen-bond acceptors (Lipinski definition) is 3. The maximum atomic E-state index is 12.0. The highest BCUT2D eigenvalue weighted by Gasteiger charge is 2.06. The zero-order valence-electron chi connectivity index (χ0n) is 12.8. The van der Waals surface area contributed by atoms with E-state index < -0.39 is 0 Å². The average molecular weight is 317 g/mol. The van der Waals surface area contributed by atoms with Crippen molar-refractivity contribution >= 4 is 22.5 Å². The number of imidazole rings is 1. The van der Waals surface area contributed by atoms with Crippen LogP contribution in [0.25, 0.3) is 16.6 Å². The SMILES string of the molecule is O=C(Cn1ccnc1)Nc1ccc(-n2ncc3ccccc32)cc1. The number of benzene rings is 2. The van der Waals surface area contributed by atoms with Gasteiger partial charge in [-0.25, -0.2) is 9.67 Å². The highest BCUT2D eigenvalue weighted by molar-refractivity contribution is 5.90. The van der Waals surface area contributed by atoms with E-state index in [1.165, 1.54) is 0 Å². The van der Waals surface area contributed by atoms with Crippen LogP contribution in [0.1, 0.15) is 0 Å². The Kier molecular flexibility index (Phi) is 3.55. The zero-order valence-corrected chi connectivity index (χ0v) is 12.8. The van der Waals surface area contributed by atoms with Crippen molar-refractivity contribution < 1.29 is 4.79 Å². The maximum absolute atomic E-state index is 12.0. The first kappa shape index (κ1) is 14.2. The standard InChI is InChI=1S/C18H15N5O/c24-18(12-22-10-9-19-13-22)21-15-5-7-16(8-6-15)23-17-4-2-1-3-14(17)11-20-23/h1-11,13H,12H2,(H,21,24). The van der Waals surface area contributed by atoms with Crippen molar-refractivity contribution in [1.82, 2.24) is 19.3 Å². The second-order valence-electron chi connectivity index (χ2n) is 5.45. The van der Waals surface area contributed by atoms with Gasteiger partial charge in [-0.15, -0.1) is 0 Å². The van der Waals surface area contributed by atoms with E-state index in [0.29, 0.717) is 0 Å². The van der Waals surface area contributed by atoms with Gasteiger partial charge in [0.1, 0.15) is 6.54 Å². The quantitative estimate of drug-likeness (QED) is 0.629. The monoisotopic (exact) mass is 317 g/mol. The Balaban J connectivity index is 1.51. The zero-order chi connectivity index (χ0) is 16.4. The molecule has 118 valence electrons. The Labute approximate surface area is 138 Å². The molecule has 0 aliphatic heterocycles. The third-order valence-electron chi connectivity index (χ3n) is 3.76. The van der Waals surface area contributed by atoms with E-state index >= 15 is 0 Å². The first-order valence-corrected chi connectivity index (χ1v) is 7.58. The summed E-state index contributed by atoms with van der Waals surface area (Å²) in [6, 6.07) is 15.7. The summed E-state index contributed by atoms with van der Waals surface area (Å²) in [4.78, 5) is 15.9. The highest BCUT2D eigenvalue weighted by atomic mass is 16.1. The molecule has 1 N–H and O–H groups in total. The lowest BCUT2D eigenvalue weighted by molar-refractivity contribution is -0.116. The minimum Gasteiger partial charge on any atom is -0.328 e. The molecular weight excluding hydrogens is 302 g/mol. The van der Waals surface area contributed by atoms with Crippen molar-refractivity contribution in [2.75, 3.05) is 5.32 Å². The number of nitrogens with one attached hydrogen (secondary N) is 1. The van der Waals surface area contributed by atoms with Crippen LogP contribution < -0.4 is 5.32 Å². The predicted octanol–water partition coefficient (Wildman–Crippen LogP) is 2.86. The van der Waals surface area contributed by atoms with Gasteiger partial charge in [0.25, 0.3) is 0 Å². The lowest BCUT2D eigenvalue weighted by Crippen LogP contribution is -2.17. The molecule has 2 aromatic heterocycles. The summed E-state index contributed by atoms with van der Waals surface area (Å²) in [6.45, 7) is 0.242. The number of carbonyl (C=O) groups is 1. The molecule has 0 aliphatic carbocycles. The first-order chi connectivity index (χ1) is 11.8. The van der Waals surface area contributed by atoms with Gasteiger partial charge >= 0.3 is 0 Å². The molecule has 0 bridgehead atoms. The van der Waals surface area contributed by atoms with Crippen molar-refractivity contribution in [3.63, 3.8) is 0 Å². The van der Waals surface area contributed by atoms with Crippen LogP contribution >= 0.6 is 0 Å².